The lowest BCUT2D eigenvalue weighted by molar-refractivity contribution is 0.124. The van der Waals surface area contributed by atoms with Gasteiger partial charge < -0.3 is 0 Å². The molecule has 0 fully saturated rings. The Bertz CT molecular complexity index is 403. The quantitative estimate of drug-likeness (QED) is 0.716. The number of benzene rings is 1. The fourth-order valence-corrected chi connectivity index (χ4v) is 1.63. The molecule has 0 heterocycles. The van der Waals surface area contributed by atoms with E-state index in [0.29, 0.717) is 11.3 Å². The maximum Gasteiger partial charge on any atom is 0.229 e. The van der Waals surface area contributed by atoms with Crippen LogP contribution in [-0.4, -0.2) is 14.7 Å². The zero-order chi connectivity index (χ0) is 10.6. The number of nitrogens with one attached hydrogen (secondary N) is 1. The molecule has 0 aliphatic rings. The van der Waals surface area contributed by atoms with E-state index in [9.17, 15) is 8.42 Å². The van der Waals surface area contributed by atoms with Crippen molar-refractivity contribution in [3.05, 3.63) is 29.8 Å². The maximum absolute atomic E-state index is 11.0. The number of para-hydroxylation sites is 1. The second kappa shape index (κ2) is 4.41. The molecule has 1 aromatic carbocycles. The number of anilines is 1. The van der Waals surface area contributed by atoms with Gasteiger partial charge in [-0.15, -0.1) is 0 Å². The summed E-state index contributed by atoms with van der Waals surface area (Å²) in [6.45, 7) is 0.165. The minimum Gasteiger partial charge on any atom is -0.300 e. The first-order valence-electron chi connectivity index (χ1n) is 3.90. The van der Waals surface area contributed by atoms with Gasteiger partial charge in [0.1, 0.15) is 0 Å². The van der Waals surface area contributed by atoms with E-state index < -0.39 is 10.0 Å². The van der Waals surface area contributed by atoms with Gasteiger partial charge in [-0.2, -0.15) is 0 Å². The molecule has 0 spiro atoms. The third kappa shape index (κ3) is 3.33. The smallest absolute Gasteiger partial charge is 0.229 e. The van der Waals surface area contributed by atoms with Gasteiger partial charge in [-0.3, -0.25) is 9.56 Å². The van der Waals surface area contributed by atoms with E-state index in [4.69, 9.17) is 5.90 Å². The molecule has 5 nitrogen and oxygen atoms in total. The SMILES string of the molecule is CS(=O)(=O)Nc1ccccc1CON. The monoisotopic (exact) mass is 216 g/mol. The van der Waals surface area contributed by atoms with Crippen molar-refractivity contribution in [1.29, 1.82) is 0 Å². The first-order chi connectivity index (χ1) is 6.53. The van der Waals surface area contributed by atoms with E-state index in [-0.39, 0.29) is 6.61 Å². The third-order valence-corrected chi connectivity index (χ3v) is 2.14. The summed E-state index contributed by atoms with van der Waals surface area (Å²) in [5.41, 5.74) is 1.18. The van der Waals surface area contributed by atoms with Gasteiger partial charge in [0.15, 0.2) is 0 Å². The summed E-state index contributed by atoms with van der Waals surface area (Å²) in [7, 11) is -3.26. The van der Waals surface area contributed by atoms with Gasteiger partial charge in [0.05, 0.1) is 18.6 Å². The van der Waals surface area contributed by atoms with E-state index in [0.717, 1.165) is 6.26 Å². The van der Waals surface area contributed by atoms with Gasteiger partial charge in [-0.05, 0) is 6.07 Å². The standard InChI is InChI=1S/C8H12N2O3S/c1-14(11,12)10-8-5-3-2-4-7(8)6-13-9/h2-5,10H,6,9H2,1H3. The lowest BCUT2D eigenvalue weighted by Gasteiger charge is -2.08. The number of rotatable bonds is 4. The summed E-state index contributed by atoms with van der Waals surface area (Å²) in [5.74, 6) is 4.92. The van der Waals surface area contributed by atoms with Crippen molar-refractivity contribution in [2.45, 2.75) is 6.61 Å². The lowest BCUT2D eigenvalue weighted by atomic mass is 10.2. The van der Waals surface area contributed by atoms with Crippen LogP contribution in [0.5, 0.6) is 0 Å². The third-order valence-electron chi connectivity index (χ3n) is 1.55. The molecule has 78 valence electrons. The minimum absolute atomic E-state index is 0.165. The van der Waals surface area contributed by atoms with Gasteiger partial charge >= 0.3 is 0 Å². The topological polar surface area (TPSA) is 81.4 Å². The summed E-state index contributed by atoms with van der Waals surface area (Å²) in [6, 6.07) is 6.89. The van der Waals surface area contributed by atoms with Crippen molar-refractivity contribution in [2.75, 3.05) is 11.0 Å². The van der Waals surface area contributed by atoms with Crippen molar-refractivity contribution >= 4 is 15.7 Å². The van der Waals surface area contributed by atoms with E-state index in [1.807, 2.05) is 0 Å². The summed E-state index contributed by atoms with van der Waals surface area (Å²) in [6.07, 6.45) is 1.09. The van der Waals surface area contributed by atoms with Crippen LogP contribution in [0.15, 0.2) is 24.3 Å². The molecule has 0 unspecified atom stereocenters. The minimum atomic E-state index is -3.26. The highest BCUT2D eigenvalue weighted by atomic mass is 32.2. The Labute approximate surface area is 82.9 Å². The molecular formula is C8H12N2O3S. The van der Waals surface area contributed by atoms with Crippen LogP contribution in [-0.2, 0) is 21.5 Å². The first kappa shape index (κ1) is 11.0. The molecule has 0 atom stereocenters. The van der Waals surface area contributed by atoms with Crippen LogP contribution in [0.1, 0.15) is 5.56 Å². The van der Waals surface area contributed by atoms with Gasteiger partial charge in [0, 0.05) is 5.56 Å². The predicted octanol–water partition coefficient (Wildman–Crippen LogP) is 0.448. The van der Waals surface area contributed by atoms with Crippen LogP contribution in [0.4, 0.5) is 5.69 Å². The molecule has 0 saturated carbocycles. The predicted molar refractivity (Wildman–Crippen MR) is 53.9 cm³/mol. The van der Waals surface area contributed by atoms with E-state index >= 15 is 0 Å². The average Bonchev–Trinajstić information content (AvgIpc) is 2.06. The number of hydrogen-bond donors (Lipinski definition) is 2. The van der Waals surface area contributed by atoms with Crippen LogP contribution in [0, 0.1) is 0 Å². The van der Waals surface area contributed by atoms with Gasteiger partial charge in [0.2, 0.25) is 10.0 Å². The van der Waals surface area contributed by atoms with E-state index in [2.05, 4.69) is 9.56 Å². The highest BCUT2D eigenvalue weighted by Crippen LogP contribution is 2.16. The summed E-state index contributed by atoms with van der Waals surface area (Å²) >= 11 is 0. The number of nitrogens with two attached hydrogens (primary N) is 1. The molecule has 1 rings (SSSR count). The lowest BCUT2D eigenvalue weighted by Crippen LogP contribution is -2.12. The Balaban J connectivity index is 2.95. The van der Waals surface area contributed by atoms with Crippen molar-refractivity contribution in [3.8, 4) is 0 Å². The molecule has 6 heteroatoms. The van der Waals surface area contributed by atoms with Crippen LogP contribution in [0.25, 0.3) is 0 Å². The molecule has 0 bridgehead atoms. The van der Waals surface area contributed by atoms with Crippen molar-refractivity contribution in [3.63, 3.8) is 0 Å². The van der Waals surface area contributed by atoms with Crippen molar-refractivity contribution < 1.29 is 13.3 Å². The van der Waals surface area contributed by atoms with E-state index in [1.54, 1.807) is 24.3 Å². The van der Waals surface area contributed by atoms with Crippen molar-refractivity contribution in [1.82, 2.24) is 0 Å². The Morgan fingerprint density at radius 1 is 1.43 bits per heavy atom. The molecule has 0 saturated heterocycles. The molecule has 0 aromatic heterocycles. The first-order valence-corrected chi connectivity index (χ1v) is 5.79. The summed E-state index contributed by atoms with van der Waals surface area (Å²) < 4.78 is 24.3. The van der Waals surface area contributed by atoms with E-state index in [1.165, 1.54) is 0 Å². The molecule has 0 amide bonds. The van der Waals surface area contributed by atoms with Gasteiger partial charge in [-0.1, -0.05) is 18.2 Å². The molecule has 0 radical (unpaired) electrons. The van der Waals surface area contributed by atoms with Crippen LogP contribution in [0.2, 0.25) is 0 Å². The maximum atomic E-state index is 11.0. The Morgan fingerprint density at radius 2 is 2.07 bits per heavy atom. The number of hydrogen-bond acceptors (Lipinski definition) is 4. The summed E-state index contributed by atoms with van der Waals surface area (Å²) in [4.78, 5) is 4.45. The van der Waals surface area contributed by atoms with Gasteiger partial charge in [-0.25, -0.2) is 14.3 Å². The highest BCUT2D eigenvalue weighted by Gasteiger charge is 2.05. The molecule has 14 heavy (non-hydrogen) atoms. The summed E-state index contributed by atoms with van der Waals surface area (Å²) in [5, 5.41) is 0. The normalized spacial score (nSPS) is 11.3. The zero-order valence-electron chi connectivity index (χ0n) is 7.73. The average molecular weight is 216 g/mol. The zero-order valence-corrected chi connectivity index (χ0v) is 8.54. The molecule has 0 aliphatic carbocycles. The van der Waals surface area contributed by atoms with Gasteiger partial charge in [0.25, 0.3) is 0 Å². The fraction of sp³-hybridized carbons (Fsp3) is 0.250. The second-order valence-electron chi connectivity index (χ2n) is 2.84. The Hall–Kier alpha value is -1.11. The highest BCUT2D eigenvalue weighted by molar-refractivity contribution is 7.92. The van der Waals surface area contributed by atoms with Crippen LogP contribution >= 0.6 is 0 Å². The molecular weight excluding hydrogens is 204 g/mol. The largest absolute Gasteiger partial charge is 0.300 e. The van der Waals surface area contributed by atoms with Crippen molar-refractivity contribution in [2.24, 2.45) is 5.90 Å². The van der Waals surface area contributed by atoms with Crippen LogP contribution < -0.4 is 10.6 Å². The molecule has 0 aliphatic heterocycles. The molecule has 1 aromatic rings. The Morgan fingerprint density at radius 3 is 2.64 bits per heavy atom. The number of sulfonamides is 1. The fourth-order valence-electron chi connectivity index (χ4n) is 1.04. The Kier molecular flexibility index (Phi) is 3.45. The van der Waals surface area contributed by atoms with Crippen LogP contribution in [0.3, 0.4) is 0 Å². The second-order valence-corrected chi connectivity index (χ2v) is 4.59. The molecule has 3 N–H and O–H groups in total.